The van der Waals surface area contributed by atoms with Crippen LogP contribution in [-0.4, -0.2) is 48.0 Å². The Bertz CT molecular complexity index is 798. The predicted molar refractivity (Wildman–Crippen MR) is 83.5 cm³/mol. The molecule has 2 N–H and O–H groups in total. The molecule has 122 valence electrons. The maximum absolute atomic E-state index is 12.1. The van der Waals surface area contributed by atoms with Crippen molar-refractivity contribution in [2.45, 2.75) is 11.9 Å². The Morgan fingerprint density at radius 2 is 1.91 bits per heavy atom. The first-order valence-corrected chi connectivity index (χ1v) is 8.10. The van der Waals surface area contributed by atoms with E-state index in [2.05, 4.69) is 15.3 Å². The standard InChI is InChI=1S/C14H16N4O4S/c1-10(19)11-3-5-12(6-4-11)17-13(20)8-18(2)23(21,22)14-7-15-9-16-14/h3-7,9H,8H2,1-2H3,(H,15,16)(H,17,20). The number of aromatic amines is 1. The van der Waals surface area contributed by atoms with E-state index in [1.807, 2.05) is 0 Å². The normalized spacial score (nSPS) is 11.4. The highest BCUT2D eigenvalue weighted by atomic mass is 32.2. The third-order valence-corrected chi connectivity index (χ3v) is 4.83. The number of amides is 1. The molecule has 23 heavy (non-hydrogen) atoms. The van der Waals surface area contributed by atoms with Crippen LogP contribution in [0, 0.1) is 0 Å². The highest BCUT2D eigenvalue weighted by molar-refractivity contribution is 7.89. The molecule has 2 rings (SSSR count). The number of sulfonamides is 1. The number of carbonyl (C=O) groups is 2. The first-order valence-electron chi connectivity index (χ1n) is 6.66. The van der Waals surface area contributed by atoms with E-state index in [4.69, 9.17) is 0 Å². The van der Waals surface area contributed by atoms with Gasteiger partial charge in [-0.3, -0.25) is 9.59 Å². The molecule has 0 aliphatic carbocycles. The third-order valence-electron chi connectivity index (χ3n) is 3.10. The van der Waals surface area contributed by atoms with Crippen LogP contribution in [0.1, 0.15) is 17.3 Å². The molecule has 1 amide bonds. The molecule has 8 nitrogen and oxygen atoms in total. The van der Waals surface area contributed by atoms with Crippen LogP contribution in [0.5, 0.6) is 0 Å². The SMILES string of the molecule is CC(=O)c1ccc(NC(=O)CN(C)S(=O)(=O)c2cnc[nH]2)cc1. The van der Waals surface area contributed by atoms with Crippen LogP contribution in [0.2, 0.25) is 0 Å². The summed E-state index contributed by atoms with van der Waals surface area (Å²) < 4.78 is 25.2. The Kier molecular flexibility index (Phi) is 4.92. The van der Waals surface area contributed by atoms with E-state index in [0.717, 1.165) is 4.31 Å². The number of nitrogens with one attached hydrogen (secondary N) is 2. The molecule has 1 aromatic heterocycles. The zero-order valence-electron chi connectivity index (χ0n) is 12.6. The smallest absolute Gasteiger partial charge is 0.260 e. The fraction of sp³-hybridized carbons (Fsp3) is 0.214. The molecule has 9 heteroatoms. The third kappa shape index (κ3) is 4.02. The topological polar surface area (TPSA) is 112 Å². The highest BCUT2D eigenvalue weighted by Gasteiger charge is 2.24. The summed E-state index contributed by atoms with van der Waals surface area (Å²) in [5.74, 6) is -0.570. The Morgan fingerprint density at radius 1 is 1.26 bits per heavy atom. The molecule has 1 aromatic carbocycles. The number of aromatic nitrogens is 2. The minimum Gasteiger partial charge on any atom is -0.335 e. The zero-order chi connectivity index (χ0) is 17.0. The number of likely N-dealkylation sites (N-methyl/N-ethyl adjacent to an activating group) is 1. The lowest BCUT2D eigenvalue weighted by atomic mass is 10.1. The number of carbonyl (C=O) groups excluding carboxylic acids is 2. The van der Waals surface area contributed by atoms with Crippen LogP contribution < -0.4 is 5.32 Å². The number of rotatable bonds is 6. The van der Waals surface area contributed by atoms with Crippen LogP contribution >= 0.6 is 0 Å². The van der Waals surface area contributed by atoms with Gasteiger partial charge in [0.05, 0.1) is 19.1 Å². The van der Waals surface area contributed by atoms with Crippen molar-refractivity contribution >= 4 is 27.4 Å². The van der Waals surface area contributed by atoms with E-state index in [1.165, 1.54) is 26.5 Å². The number of anilines is 1. The second kappa shape index (κ2) is 6.71. The maximum Gasteiger partial charge on any atom is 0.260 e. The molecule has 0 aliphatic heterocycles. The van der Waals surface area contributed by atoms with Gasteiger partial charge in [-0.1, -0.05) is 0 Å². The van der Waals surface area contributed by atoms with Gasteiger partial charge in [0.25, 0.3) is 10.0 Å². The summed E-state index contributed by atoms with van der Waals surface area (Å²) in [5, 5.41) is 2.49. The highest BCUT2D eigenvalue weighted by Crippen LogP contribution is 2.12. The van der Waals surface area contributed by atoms with E-state index in [1.54, 1.807) is 24.3 Å². The van der Waals surface area contributed by atoms with Crippen molar-refractivity contribution in [3.8, 4) is 0 Å². The molecule has 0 saturated heterocycles. The second-order valence-corrected chi connectivity index (χ2v) is 6.87. The van der Waals surface area contributed by atoms with Crippen LogP contribution in [0.4, 0.5) is 5.69 Å². The summed E-state index contributed by atoms with van der Waals surface area (Å²) in [6.45, 7) is 1.10. The van der Waals surface area contributed by atoms with E-state index < -0.39 is 15.9 Å². The van der Waals surface area contributed by atoms with Gasteiger partial charge in [-0.2, -0.15) is 4.31 Å². The number of hydrogen-bond acceptors (Lipinski definition) is 5. The predicted octanol–water partition coefficient (Wildman–Crippen LogP) is 0.871. The van der Waals surface area contributed by atoms with E-state index in [0.29, 0.717) is 11.3 Å². The van der Waals surface area contributed by atoms with Crippen molar-refractivity contribution in [3.63, 3.8) is 0 Å². The Morgan fingerprint density at radius 3 is 2.43 bits per heavy atom. The van der Waals surface area contributed by atoms with Gasteiger partial charge in [-0.05, 0) is 31.2 Å². The van der Waals surface area contributed by atoms with Crippen molar-refractivity contribution in [3.05, 3.63) is 42.4 Å². The van der Waals surface area contributed by atoms with Crippen molar-refractivity contribution < 1.29 is 18.0 Å². The van der Waals surface area contributed by atoms with Gasteiger partial charge < -0.3 is 10.3 Å². The lowest BCUT2D eigenvalue weighted by Crippen LogP contribution is -2.35. The average Bonchev–Trinajstić information content (AvgIpc) is 3.02. The van der Waals surface area contributed by atoms with Gasteiger partial charge >= 0.3 is 0 Å². The van der Waals surface area contributed by atoms with Crippen LogP contribution in [-0.2, 0) is 14.8 Å². The van der Waals surface area contributed by atoms with Crippen LogP contribution in [0.15, 0.2) is 41.8 Å². The van der Waals surface area contributed by atoms with Crippen molar-refractivity contribution in [2.75, 3.05) is 18.9 Å². The van der Waals surface area contributed by atoms with Crippen molar-refractivity contribution in [2.24, 2.45) is 0 Å². The lowest BCUT2D eigenvalue weighted by Gasteiger charge is -2.15. The summed E-state index contributed by atoms with van der Waals surface area (Å²) in [4.78, 5) is 29.3. The number of H-pyrrole nitrogens is 1. The van der Waals surface area contributed by atoms with Gasteiger partial charge in [0.1, 0.15) is 0 Å². The van der Waals surface area contributed by atoms with Crippen LogP contribution in [0.3, 0.4) is 0 Å². The summed E-state index contributed by atoms with van der Waals surface area (Å²) >= 11 is 0. The molecule has 1 heterocycles. The quantitative estimate of drug-likeness (QED) is 0.760. The minimum atomic E-state index is -3.79. The van der Waals surface area contributed by atoms with Crippen LogP contribution in [0.25, 0.3) is 0 Å². The largest absolute Gasteiger partial charge is 0.335 e. The summed E-state index contributed by atoms with van der Waals surface area (Å²) in [6.07, 6.45) is 2.42. The van der Waals surface area contributed by atoms with Gasteiger partial charge in [-0.15, -0.1) is 0 Å². The van der Waals surface area contributed by atoms with E-state index in [-0.39, 0.29) is 17.4 Å². The van der Waals surface area contributed by atoms with Gasteiger partial charge in [0.15, 0.2) is 10.8 Å². The molecular weight excluding hydrogens is 320 g/mol. The molecule has 0 unspecified atom stereocenters. The molecule has 0 fully saturated rings. The Balaban J connectivity index is 2.00. The lowest BCUT2D eigenvalue weighted by molar-refractivity contribution is -0.116. The molecule has 0 aliphatic rings. The number of hydrogen-bond donors (Lipinski definition) is 2. The van der Waals surface area contributed by atoms with Gasteiger partial charge in [0.2, 0.25) is 5.91 Å². The van der Waals surface area contributed by atoms with E-state index >= 15 is 0 Å². The average molecular weight is 336 g/mol. The summed E-state index contributed by atoms with van der Waals surface area (Å²) in [7, 11) is -2.49. The first kappa shape index (κ1) is 16.8. The van der Waals surface area contributed by atoms with Gasteiger partial charge in [0, 0.05) is 18.3 Å². The fourth-order valence-electron chi connectivity index (χ4n) is 1.83. The second-order valence-electron chi connectivity index (χ2n) is 4.86. The molecule has 0 saturated carbocycles. The fourth-order valence-corrected chi connectivity index (χ4v) is 2.85. The molecule has 0 radical (unpaired) electrons. The molecule has 0 spiro atoms. The van der Waals surface area contributed by atoms with Gasteiger partial charge in [-0.25, -0.2) is 13.4 Å². The molecule has 0 atom stereocenters. The number of Topliss-reactive ketones (excluding diaryl/α,β-unsaturated/α-hetero) is 1. The van der Waals surface area contributed by atoms with E-state index in [9.17, 15) is 18.0 Å². The molecule has 0 bridgehead atoms. The number of ketones is 1. The van der Waals surface area contributed by atoms with Crippen molar-refractivity contribution in [1.29, 1.82) is 0 Å². The monoisotopic (exact) mass is 336 g/mol. The van der Waals surface area contributed by atoms with Crippen molar-refractivity contribution in [1.82, 2.24) is 14.3 Å². The molecule has 2 aromatic rings. The summed E-state index contributed by atoms with van der Waals surface area (Å²) in [5.41, 5.74) is 1.01. The zero-order valence-corrected chi connectivity index (χ0v) is 13.4. The number of nitrogens with zero attached hydrogens (tertiary/aromatic N) is 2. The summed E-state index contributed by atoms with van der Waals surface area (Å²) in [6, 6.07) is 6.34. The first-order chi connectivity index (χ1) is 10.8. The minimum absolute atomic E-state index is 0.0757. The Labute approximate surface area is 133 Å². The maximum atomic E-state index is 12.1. The Hall–Kier alpha value is -2.52. The molecular formula is C14H16N4O4S. The number of benzene rings is 1. The number of imidazole rings is 1.